The van der Waals surface area contributed by atoms with Gasteiger partial charge in [0.05, 0.1) is 0 Å². The maximum Gasteiger partial charge on any atom is 0.319 e. The van der Waals surface area contributed by atoms with E-state index in [1.807, 2.05) is 0 Å². The van der Waals surface area contributed by atoms with Gasteiger partial charge in [-0.3, -0.25) is 4.79 Å². The van der Waals surface area contributed by atoms with E-state index in [0.717, 1.165) is 12.8 Å². The molecule has 0 spiro atoms. The van der Waals surface area contributed by atoms with Crippen LogP contribution in [0.5, 0.6) is 5.75 Å². The van der Waals surface area contributed by atoms with Gasteiger partial charge in [0.2, 0.25) is 11.7 Å². The van der Waals surface area contributed by atoms with Gasteiger partial charge in [-0.2, -0.15) is 4.98 Å². The van der Waals surface area contributed by atoms with Gasteiger partial charge in [-0.25, -0.2) is 4.79 Å². The van der Waals surface area contributed by atoms with Crippen LogP contribution in [0.3, 0.4) is 0 Å². The van der Waals surface area contributed by atoms with Crippen LogP contribution < -0.4 is 15.4 Å². The first-order valence-electron chi connectivity index (χ1n) is 9.17. The molecule has 150 valence electrons. The number of carbonyl (C=O) groups excluding carboxylic acids is 1. The average Bonchev–Trinajstić information content (AvgIpc) is 3.37. The molecule has 3 N–H and O–H groups in total. The van der Waals surface area contributed by atoms with E-state index in [9.17, 15) is 9.59 Å². The van der Waals surface area contributed by atoms with Gasteiger partial charge in [-0.05, 0) is 57.4 Å². The Kier molecular flexibility index (Phi) is 5.81. The van der Waals surface area contributed by atoms with Crippen molar-refractivity contribution in [1.82, 2.24) is 15.5 Å². The summed E-state index contributed by atoms with van der Waals surface area (Å²) in [6, 6.07) is 6.49. The number of ether oxygens (including phenoxy) is 1. The lowest BCUT2D eigenvalue weighted by molar-refractivity contribution is -0.137. The number of hydrogen-bond donors (Lipinski definition) is 3. The lowest BCUT2D eigenvalue weighted by Gasteiger charge is -2.25. The molecule has 2 amide bonds. The normalized spacial score (nSPS) is 13.8. The highest BCUT2D eigenvalue weighted by molar-refractivity contribution is 5.89. The fraction of sp³-hybridized carbons (Fsp3) is 0.474. The van der Waals surface area contributed by atoms with Crippen LogP contribution in [-0.4, -0.2) is 32.8 Å². The Morgan fingerprint density at radius 2 is 2.00 bits per heavy atom. The number of amides is 2. The minimum Gasteiger partial charge on any atom is -0.485 e. The topological polar surface area (TPSA) is 127 Å². The monoisotopic (exact) mass is 388 g/mol. The molecule has 0 unspecified atom stereocenters. The average molecular weight is 388 g/mol. The number of rotatable bonds is 9. The third-order valence-corrected chi connectivity index (χ3v) is 4.31. The van der Waals surface area contributed by atoms with Gasteiger partial charge in [0.25, 0.3) is 0 Å². The first-order valence-corrected chi connectivity index (χ1v) is 9.17. The molecule has 0 radical (unpaired) electrons. The summed E-state index contributed by atoms with van der Waals surface area (Å²) in [4.78, 5) is 27.1. The second kappa shape index (κ2) is 8.28. The van der Waals surface area contributed by atoms with Crippen LogP contribution in [0.1, 0.15) is 57.2 Å². The van der Waals surface area contributed by atoms with E-state index in [-0.39, 0.29) is 13.0 Å². The molecular weight excluding hydrogens is 364 g/mol. The van der Waals surface area contributed by atoms with Crippen molar-refractivity contribution < 1.29 is 24.0 Å². The highest BCUT2D eigenvalue weighted by Gasteiger charge is 2.29. The molecule has 0 aliphatic heterocycles. The van der Waals surface area contributed by atoms with E-state index in [4.69, 9.17) is 14.4 Å². The number of nitrogens with zero attached hydrogens (tertiary/aromatic N) is 2. The first-order chi connectivity index (χ1) is 13.3. The van der Waals surface area contributed by atoms with E-state index in [1.54, 1.807) is 38.1 Å². The molecule has 0 saturated heterocycles. The summed E-state index contributed by atoms with van der Waals surface area (Å²) in [7, 11) is 0. The second-order valence-corrected chi connectivity index (χ2v) is 7.49. The molecule has 9 heteroatoms. The van der Waals surface area contributed by atoms with Crippen LogP contribution in [-0.2, 0) is 11.4 Å². The highest BCUT2D eigenvalue weighted by Crippen LogP contribution is 2.38. The number of carboxylic acid groups (broad SMARTS) is 1. The van der Waals surface area contributed by atoms with Crippen molar-refractivity contribution in [1.29, 1.82) is 0 Å². The van der Waals surface area contributed by atoms with Gasteiger partial charge < -0.3 is 25.0 Å². The third-order valence-electron chi connectivity index (χ3n) is 4.31. The second-order valence-electron chi connectivity index (χ2n) is 7.49. The Hall–Kier alpha value is -3.10. The highest BCUT2D eigenvalue weighted by atomic mass is 16.5. The lowest BCUT2D eigenvalue weighted by Crippen LogP contribution is -2.45. The van der Waals surface area contributed by atoms with Gasteiger partial charge >= 0.3 is 12.0 Å². The molecule has 1 aromatic heterocycles. The number of urea groups is 1. The molecule has 1 aliphatic rings. The Balaban J connectivity index is 1.45. The van der Waals surface area contributed by atoms with Crippen molar-refractivity contribution in [2.75, 3.05) is 5.32 Å². The molecule has 2 aromatic rings. The van der Waals surface area contributed by atoms with E-state index < -0.39 is 17.5 Å². The van der Waals surface area contributed by atoms with Gasteiger partial charge in [-0.1, -0.05) is 5.16 Å². The van der Waals surface area contributed by atoms with Crippen molar-refractivity contribution in [3.05, 3.63) is 36.0 Å². The SMILES string of the molecule is CC(C)(CCC(=O)O)NC(=O)Nc1ccc(OCc2noc(C3CC3)n2)cc1. The number of aromatic nitrogens is 2. The maximum atomic E-state index is 12.1. The van der Waals surface area contributed by atoms with Crippen molar-refractivity contribution in [3.63, 3.8) is 0 Å². The smallest absolute Gasteiger partial charge is 0.319 e. The largest absolute Gasteiger partial charge is 0.485 e. The molecule has 1 saturated carbocycles. The van der Waals surface area contributed by atoms with Gasteiger partial charge in [-0.15, -0.1) is 0 Å². The van der Waals surface area contributed by atoms with Crippen LogP contribution >= 0.6 is 0 Å². The molecular formula is C19H24N4O5. The lowest BCUT2D eigenvalue weighted by atomic mass is 9.99. The van der Waals surface area contributed by atoms with E-state index in [0.29, 0.717) is 35.5 Å². The van der Waals surface area contributed by atoms with Crippen molar-refractivity contribution >= 4 is 17.7 Å². The quantitative estimate of drug-likeness (QED) is 0.601. The van der Waals surface area contributed by atoms with Gasteiger partial charge in [0.15, 0.2) is 6.61 Å². The van der Waals surface area contributed by atoms with Gasteiger partial charge in [0.1, 0.15) is 5.75 Å². The summed E-state index contributed by atoms with van der Waals surface area (Å²) in [5, 5.41) is 18.1. The molecule has 1 aromatic carbocycles. The summed E-state index contributed by atoms with van der Waals surface area (Å²) in [6.07, 6.45) is 2.52. The number of hydrogen-bond acceptors (Lipinski definition) is 6. The van der Waals surface area contributed by atoms with Crippen molar-refractivity contribution in [2.24, 2.45) is 0 Å². The van der Waals surface area contributed by atoms with E-state index >= 15 is 0 Å². The minimum atomic E-state index is -0.893. The summed E-state index contributed by atoms with van der Waals surface area (Å²) in [6.45, 7) is 3.76. The Bertz CT molecular complexity index is 827. The molecule has 0 atom stereocenters. The molecule has 1 heterocycles. The Morgan fingerprint density at radius 1 is 1.29 bits per heavy atom. The van der Waals surface area contributed by atoms with E-state index in [1.165, 1.54) is 0 Å². The molecule has 1 fully saturated rings. The fourth-order valence-corrected chi connectivity index (χ4v) is 2.56. The van der Waals surface area contributed by atoms with Crippen LogP contribution in [0.25, 0.3) is 0 Å². The number of anilines is 1. The number of aliphatic carboxylic acids is 1. The van der Waals surface area contributed by atoms with Crippen molar-refractivity contribution in [3.8, 4) is 5.75 Å². The summed E-state index contributed by atoms with van der Waals surface area (Å²) >= 11 is 0. The van der Waals surface area contributed by atoms with Gasteiger partial charge in [0, 0.05) is 23.6 Å². The molecule has 28 heavy (non-hydrogen) atoms. The standard InChI is InChI=1S/C19H24N4O5/c1-19(2,10-9-16(24)25)22-18(26)20-13-5-7-14(8-6-13)27-11-15-21-17(28-23-15)12-3-4-12/h5-8,12H,3-4,9-11H2,1-2H3,(H,24,25)(H2,20,22,26). The first kappa shape index (κ1) is 19.7. The number of benzene rings is 1. The maximum absolute atomic E-state index is 12.1. The molecule has 9 nitrogen and oxygen atoms in total. The fourth-order valence-electron chi connectivity index (χ4n) is 2.56. The van der Waals surface area contributed by atoms with Crippen LogP contribution in [0, 0.1) is 0 Å². The van der Waals surface area contributed by atoms with Crippen LogP contribution in [0.2, 0.25) is 0 Å². The number of carbonyl (C=O) groups is 2. The van der Waals surface area contributed by atoms with Crippen LogP contribution in [0.15, 0.2) is 28.8 Å². The summed E-state index contributed by atoms with van der Waals surface area (Å²) in [5.41, 5.74) is -0.0374. The Morgan fingerprint density at radius 3 is 2.64 bits per heavy atom. The number of nitrogens with one attached hydrogen (secondary N) is 2. The zero-order valence-corrected chi connectivity index (χ0v) is 15.9. The predicted octanol–water partition coefficient (Wildman–Crippen LogP) is 3.29. The van der Waals surface area contributed by atoms with Crippen molar-refractivity contribution in [2.45, 2.75) is 57.6 Å². The summed E-state index contributed by atoms with van der Waals surface area (Å²) in [5.74, 6) is 1.32. The zero-order chi connectivity index (χ0) is 20.1. The third kappa shape index (κ3) is 5.97. The molecule has 1 aliphatic carbocycles. The summed E-state index contributed by atoms with van der Waals surface area (Å²) < 4.78 is 10.8. The van der Waals surface area contributed by atoms with Crippen LogP contribution in [0.4, 0.5) is 10.5 Å². The minimum absolute atomic E-state index is 0.0121. The Labute approximate surface area is 162 Å². The zero-order valence-electron chi connectivity index (χ0n) is 15.9. The molecule has 0 bridgehead atoms. The molecule has 3 rings (SSSR count). The number of carboxylic acids is 1. The van der Waals surface area contributed by atoms with E-state index in [2.05, 4.69) is 20.8 Å². The predicted molar refractivity (Wildman–Crippen MR) is 100 cm³/mol.